The molecule has 0 spiro atoms. The fraction of sp³-hybridized carbons (Fsp3) is 0.629. The molecule has 1 aromatic carbocycles. The predicted molar refractivity (Wildman–Crippen MR) is 173 cm³/mol. The van der Waals surface area contributed by atoms with Crippen LogP contribution in [0.2, 0.25) is 0 Å². The number of fused-ring (bicyclic) bond motifs is 2. The number of nitrogens with zero attached hydrogens (tertiary/aromatic N) is 4. The van der Waals surface area contributed by atoms with Crippen molar-refractivity contribution in [3.05, 3.63) is 42.4 Å². The van der Waals surface area contributed by atoms with Crippen molar-refractivity contribution in [3.63, 3.8) is 0 Å². The van der Waals surface area contributed by atoms with Crippen LogP contribution in [0.3, 0.4) is 0 Å². The zero-order valence-corrected chi connectivity index (χ0v) is 27.4. The van der Waals surface area contributed by atoms with Gasteiger partial charge < -0.3 is 33.9 Å². The molecule has 7 rings (SSSR count). The number of aliphatic carboxylic acids is 1. The lowest BCUT2D eigenvalue weighted by atomic mass is 9.74. The SMILES string of the molecule is COc1ccc(CNc2ncnc3c2ccn3C2CC(CN(C3CCC3)C3CC(CCC(=O)O)C3)C3OC(C)(C)OC32)c(OC)c1. The van der Waals surface area contributed by atoms with Crippen molar-refractivity contribution in [3.8, 4) is 11.5 Å². The van der Waals surface area contributed by atoms with Crippen LogP contribution in [0, 0.1) is 11.8 Å². The highest BCUT2D eigenvalue weighted by Crippen LogP contribution is 2.49. The average Bonchev–Trinajstić information content (AvgIpc) is 3.65. The van der Waals surface area contributed by atoms with Crippen molar-refractivity contribution in [2.75, 3.05) is 26.1 Å². The Morgan fingerprint density at radius 1 is 1.09 bits per heavy atom. The van der Waals surface area contributed by atoms with Gasteiger partial charge in [0.25, 0.3) is 0 Å². The van der Waals surface area contributed by atoms with Crippen LogP contribution in [0.4, 0.5) is 5.82 Å². The summed E-state index contributed by atoms with van der Waals surface area (Å²) in [6.45, 7) is 5.57. The van der Waals surface area contributed by atoms with Crippen molar-refractivity contribution < 1.29 is 28.8 Å². The standard InChI is InChI=1S/C35H47N5O6/c1-35(2)45-31-23(19-40(24-6-5-7-24)25-14-21(15-25)8-11-30(41)42)16-28(32(31)46-35)39-13-12-27-33(37-20-38-34(27)39)36-18-22-9-10-26(43-3)17-29(22)44-4/h9-10,12-13,17,20-21,23-25,28,31-32H,5-8,11,14-16,18-19H2,1-4H3,(H,41,42)(H,36,37,38). The molecule has 3 aromatic rings. The van der Waals surface area contributed by atoms with E-state index in [0.29, 0.717) is 30.5 Å². The Labute approximate surface area is 270 Å². The number of hydrogen-bond donors (Lipinski definition) is 2. The predicted octanol–water partition coefficient (Wildman–Crippen LogP) is 5.64. The third-order valence-electron chi connectivity index (χ3n) is 10.8. The molecule has 4 atom stereocenters. The van der Waals surface area contributed by atoms with Gasteiger partial charge in [-0.1, -0.05) is 6.42 Å². The number of carboxylic acid groups (broad SMARTS) is 1. The summed E-state index contributed by atoms with van der Waals surface area (Å²) < 4.78 is 26.5. The number of aromatic nitrogens is 3. The Hall–Kier alpha value is -3.41. The van der Waals surface area contributed by atoms with Crippen molar-refractivity contribution >= 4 is 22.8 Å². The van der Waals surface area contributed by atoms with E-state index in [4.69, 9.17) is 29.0 Å². The van der Waals surface area contributed by atoms with Crippen LogP contribution in [0.25, 0.3) is 11.0 Å². The molecular weight excluding hydrogens is 586 g/mol. The smallest absolute Gasteiger partial charge is 0.303 e. The van der Waals surface area contributed by atoms with E-state index in [2.05, 4.69) is 32.0 Å². The van der Waals surface area contributed by atoms with Crippen LogP contribution >= 0.6 is 0 Å². The van der Waals surface area contributed by atoms with Gasteiger partial charge in [-0.3, -0.25) is 9.69 Å². The zero-order valence-electron chi connectivity index (χ0n) is 27.4. The third-order valence-corrected chi connectivity index (χ3v) is 10.8. The van der Waals surface area contributed by atoms with E-state index in [1.165, 1.54) is 19.3 Å². The lowest BCUT2D eigenvalue weighted by Crippen LogP contribution is -2.54. The molecule has 248 valence electrons. The number of ether oxygens (including phenoxy) is 4. The molecule has 4 aliphatic rings. The van der Waals surface area contributed by atoms with Crippen LogP contribution < -0.4 is 14.8 Å². The van der Waals surface area contributed by atoms with Crippen molar-refractivity contribution in [2.24, 2.45) is 11.8 Å². The second kappa shape index (κ2) is 12.7. The second-order valence-corrected chi connectivity index (χ2v) is 14.0. The molecule has 3 aliphatic carbocycles. The molecule has 4 unspecified atom stereocenters. The lowest BCUT2D eigenvalue weighted by molar-refractivity contribution is -0.162. The molecule has 3 saturated carbocycles. The molecular formula is C35H47N5O6. The summed E-state index contributed by atoms with van der Waals surface area (Å²) in [6, 6.07) is 9.16. The first kappa shape index (κ1) is 31.2. The molecule has 11 nitrogen and oxygen atoms in total. The summed E-state index contributed by atoms with van der Waals surface area (Å²) in [7, 11) is 3.31. The Bertz CT molecular complexity index is 1550. The molecule has 2 N–H and O–H groups in total. The van der Waals surface area contributed by atoms with Gasteiger partial charge in [-0.05, 0) is 76.5 Å². The molecule has 1 saturated heterocycles. The highest BCUT2D eigenvalue weighted by molar-refractivity contribution is 5.87. The number of carboxylic acids is 1. The summed E-state index contributed by atoms with van der Waals surface area (Å²) in [5.41, 5.74) is 1.89. The Balaban J connectivity index is 1.09. The van der Waals surface area contributed by atoms with Gasteiger partial charge in [0.15, 0.2) is 5.79 Å². The summed E-state index contributed by atoms with van der Waals surface area (Å²) >= 11 is 0. The van der Waals surface area contributed by atoms with E-state index < -0.39 is 11.8 Å². The number of nitrogens with one attached hydrogen (secondary N) is 1. The lowest BCUT2D eigenvalue weighted by Gasteiger charge is -2.50. The Morgan fingerprint density at radius 3 is 2.61 bits per heavy atom. The van der Waals surface area contributed by atoms with Gasteiger partial charge in [0, 0.05) is 55.3 Å². The number of carbonyl (C=O) groups is 1. The quantitative estimate of drug-likeness (QED) is 0.245. The number of methoxy groups -OCH3 is 2. The van der Waals surface area contributed by atoms with Crippen LogP contribution in [0.1, 0.15) is 76.8 Å². The van der Waals surface area contributed by atoms with E-state index in [1.54, 1.807) is 20.5 Å². The van der Waals surface area contributed by atoms with Gasteiger partial charge in [0.2, 0.25) is 0 Å². The van der Waals surface area contributed by atoms with E-state index >= 15 is 0 Å². The van der Waals surface area contributed by atoms with Crippen molar-refractivity contribution in [1.29, 1.82) is 0 Å². The summed E-state index contributed by atoms with van der Waals surface area (Å²) in [5, 5.41) is 13.6. The summed E-state index contributed by atoms with van der Waals surface area (Å²) in [5.74, 6) is 1.80. The minimum Gasteiger partial charge on any atom is -0.497 e. The van der Waals surface area contributed by atoms with Gasteiger partial charge in [-0.15, -0.1) is 0 Å². The molecule has 11 heteroatoms. The maximum absolute atomic E-state index is 11.1. The first-order valence-electron chi connectivity index (χ1n) is 16.8. The molecule has 1 aliphatic heterocycles. The first-order chi connectivity index (χ1) is 22.2. The van der Waals surface area contributed by atoms with E-state index in [0.717, 1.165) is 66.1 Å². The molecule has 0 radical (unpaired) electrons. The maximum Gasteiger partial charge on any atom is 0.303 e. The Kier molecular flexibility index (Phi) is 8.58. The normalized spacial score (nSPS) is 28.5. The van der Waals surface area contributed by atoms with Crippen molar-refractivity contribution in [2.45, 2.75) is 108 Å². The average molecular weight is 634 g/mol. The minimum atomic E-state index is -0.688. The van der Waals surface area contributed by atoms with Gasteiger partial charge in [-0.2, -0.15) is 0 Å². The monoisotopic (exact) mass is 633 g/mol. The number of rotatable bonds is 13. The van der Waals surface area contributed by atoms with E-state index in [1.807, 2.05) is 32.0 Å². The highest BCUT2D eigenvalue weighted by Gasteiger charge is 2.55. The Morgan fingerprint density at radius 2 is 1.89 bits per heavy atom. The summed E-state index contributed by atoms with van der Waals surface area (Å²) in [6.07, 6.45) is 11.7. The fourth-order valence-corrected chi connectivity index (χ4v) is 8.18. The molecule has 2 aromatic heterocycles. The molecule has 0 amide bonds. The fourth-order valence-electron chi connectivity index (χ4n) is 8.18. The van der Waals surface area contributed by atoms with Gasteiger partial charge in [0.05, 0.1) is 31.8 Å². The first-order valence-corrected chi connectivity index (χ1v) is 16.8. The van der Waals surface area contributed by atoms with Gasteiger partial charge >= 0.3 is 5.97 Å². The van der Waals surface area contributed by atoms with Crippen LogP contribution in [0.15, 0.2) is 36.8 Å². The second-order valence-electron chi connectivity index (χ2n) is 14.0. The molecule has 46 heavy (non-hydrogen) atoms. The van der Waals surface area contributed by atoms with Crippen molar-refractivity contribution in [1.82, 2.24) is 19.4 Å². The zero-order chi connectivity index (χ0) is 32.0. The maximum atomic E-state index is 11.1. The minimum absolute atomic E-state index is 0.00452. The molecule has 4 fully saturated rings. The van der Waals surface area contributed by atoms with Crippen LogP contribution in [-0.4, -0.2) is 81.4 Å². The van der Waals surface area contributed by atoms with E-state index in [-0.39, 0.29) is 24.7 Å². The topological polar surface area (TPSA) is 120 Å². The third kappa shape index (κ3) is 6.04. The largest absolute Gasteiger partial charge is 0.497 e. The number of hydrogen-bond acceptors (Lipinski definition) is 9. The number of benzene rings is 1. The van der Waals surface area contributed by atoms with Crippen LogP contribution in [-0.2, 0) is 20.8 Å². The molecule has 3 heterocycles. The van der Waals surface area contributed by atoms with Gasteiger partial charge in [0.1, 0.15) is 35.4 Å². The summed E-state index contributed by atoms with van der Waals surface area (Å²) in [4.78, 5) is 23.2. The van der Waals surface area contributed by atoms with Gasteiger partial charge in [-0.25, -0.2) is 9.97 Å². The highest BCUT2D eigenvalue weighted by atomic mass is 16.8. The van der Waals surface area contributed by atoms with E-state index in [9.17, 15) is 4.79 Å². The van der Waals surface area contributed by atoms with Crippen LogP contribution in [0.5, 0.6) is 11.5 Å². The molecule has 0 bridgehead atoms. The number of anilines is 1.